The first-order valence-corrected chi connectivity index (χ1v) is 5.29. The van der Waals surface area contributed by atoms with E-state index in [0.717, 1.165) is 11.3 Å². The van der Waals surface area contributed by atoms with Crippen molar-refractivity contribution < 1.29 is 13.9 Å². The Morgan fingerprint density at radius 2 is 2.23 bits per heavy atom. The first kappa shape index (κ1) is 8.61. The van der Waals surface area contributed by atoms with E-state index in [1.807, 2.05) is 0 Å². The Morgan fingerprint density at radius 1 is 1.46 bits per heavy atom. The molecule has 68 valence electrons. The second kappa shape index (κ2) is 3.06. The first-order chi connectivity index (χ1) is 6.16. The van der Waals surface area contributed by atoms with Gasteiger partial charge in [0.05, 0.1) is 10.2 Å². The van der Waals surface area contributed by atoms with E-state index in [9.17, 15) is 4.21 Å². The predicted molar refractivity (Wildman–Crippen MR) is 50.3 cm³/mol. The van der Waals surface area contributed by atoms with Gasteiger partial charge in [0.15, 0.2) is 0 Å². The summed E-state index contributed by atoms with van der Waals surface area (Å²) >= 11 is -0.944. The summed E-state index contributed by atoms with van der Waals surface area (Å²) in [6.07, 6.45) is 0. The SMILES string of the molecule is O=S(O)c1nc2ccc(O)cc2s1. The molecule has 4 nitrogen and oxygen atoms in total. The number of nitrogens with zero attached hydrogens (tertiary/aromatic N) is 1. The summed E-state index contributed by atoms with van der Waals surface area (Å²) in [5.74, 6) is 0.131. The summed E-state index contributed by atoms with van der Waals surface area (Å²) in [7, 11) is 0. The van der Waals surface area contributed by atoms with Crippen molar-refractivity contribution in [3.8, 4) is 5.75 Å². The molecular formula is C7H5NO3S2. The molecule has 2 rings (SSSR count). The van der Waals surface area contributed by atoms with Crippen molar-refractivity contribution in [2.75, 3.05) is 0 Å². The quantitative estimate of drug-likeness (QED) is 0.708. The molecule has 1 atom stereocenters. The number of fused-ring (bicyclic) bond motifs is 1. The zero-order valence-electron chi connectivity index (χ0n) is 6.30. The Kier molecular flexibility index (Phi) is 2.03. The van der Waals surface area contributed by atoms with E-state index in [1.54, 1.807) is 6.07 Å². The molecule has 0 saturated heterocycles. The molecule has 2 aromatic rings. The lowest BCUT2D eigenvalue weighted by Crippen LogP contribution is -1.84. The molecule has 0 aliphatic carbocycles. The van der Waals surface area contributed by atoms with Crippen LogP contribution in [0.5, 0.6) is 5.75 Å². The standard InChI is InChI=1S/C7H5NO3S2/c9-4-1-2-5-6(3-4)12-7(8-5)13(10)11/h1-3,9H,(H,10,11). The van der Waals surface area contributed by atoms with Gasteiger partial charge in [0, 0.05) is 0 Å². The van der Waals surface area contributed by atoms with Crippen LogP contribution in [0.25, 0.3) is 10.2 Å². The maximum absolute atomic E-state index is 10.7. The summed E-state index contributed by atoms with van der Waals surface area (Å²) in [6, 6.07) is 4.62. The normalized spacial score (nSPS) is 13.3. The molecule has 6 heteroatoms. The summed E-state index contributed by atoms with van der Waals surface area (Å²) in [5, 5.41) is 9.12. The molecule has 2 N–H and O–H groups in total. The summed E-state index contributed by atoms with van der Waals surface area (Å²) < 4.78 is 20.3. The summed E-state index contributed by atoms with van der Waals surface area (Å²) in [4.78, 5) is 3.91. The number of hydrogen-bond donors (Lipinski definition) is 2. The average Bonchev–Trinajstić information content (AvgIpc) is 2.46. The van der Waals surface area contributed by atoms with Gasteiger partial charge in [-0.15, -0.1) is 11.3 Å². The number of phenolic OH excluding ortho intramolecular Hbond substituents is 1. The largest absolute Gasteiger partial charge is 0.508 e. The first-order valence-electron chi connectivity index (χ1n) is 3.37. The van der Waals surface area contributed by atoms with Crippen molar-refractivity contribution in [2.24, 2.45) is 0 Å². The van der Waals surface area contributed by atoms with E-state index in [1.165, 1.54) is 12.1 Å². The van der Waals surface area contributed by atoms with Crippen LogP contribution in [-0.4, -0.2) is 18.9 Å². The van der Waals surface area contributed by atoms with Crippen molar-refractivity contribution in [2.45, 2.75) is 4.34 Å². The molecule has 0 amide bonds. The van der Waals surface area contributed by atoms with E-state index < -0.39 is 11.1 Å². The summed E-state index contributed by atoms with van der Waals surface area (Å²) in [6.45, 7) is 0. The highest BCUT2D eigenvalue weighted by molar-refractivity contribution is 7.81. The third-order valence-corrected chi connectivity index (χ3v) is 3.38. The Hall–Kier alpha value is -0.980. The number of rotatable bonds is 1. The molecule has 1 aromatic heterocycles. The maximum Gasteiger partial charge on any atom is 0.216 e. The van der Waals surface area contributed by atoms with E-state index in [2.05, 4.69) is 4.98 Å². The molecule has 0 saturated carbocycles. The van der Waals surface area contributed by atoms with E-state index in [0.29, 0.717) is 10.2 Å². The molecule has 0 radical (unpaired) electrons. The fourth-order valence-electron chi connectivity index (χ4n) is 0.967. The number of hydrogen-bond acceptors (Lipinski definition) is 4. The third-order valence-electron chi connectivity index (χ3n) is 1.50. The number of aromatic nitrogens is 1. The molecule has 0 spiro atoms. The minimum absolute atomic E-state index is 0.131. The molecule has 1 aromatic carbocycles. The van der Waals surface area contributed by atoms with Crippen molar-refractivity contribution in [3.05, 3.63) is 18.2 Å². The lowest BCUT2D eigenvalue weighted by atomic mass is 10.3. The van der Waals surface area contributed by atoms with Crippen LogP contribution in [-0.2, 0) is 11.1 Å². The predicted octanol–water partition coefficient (Wildman–Crippen LogP) is 1.58. The number of phenols is 1. The molecule has 1 heterocycles. The highest BCUT2D eigenvalue weighted by Gasteiger charge is 2.08. The molecule has 0 fully saturated rings. The highest BCUT2D eigenvalue weighted by atomic mass is 32.2. The molecule has 13 heavy (non-hydrogen) atoms. The third kappa shape index (κ3) is 1.55. The van der Waals surface area contributed by atoms with Gasteiger partial charge in [0.1, 0.15) is 5.75 Å². The van der Waals surface area contributed by atoms with Gasteiger partial charge >= 0.3 is 0 Å². The molecule has 1 unspecified atom stereocenters. The van der Waals surface area contributed by atoms with Crippen LogP contribution >= 0.6 is 11.3 Å². The van der Waals surface area contributed by atoms with Gasteiger partial charge in [0.2, 0.25) is 15.4 Å². The van der Waals surface area contributed by atoms with Crippen molar-refractivity contribution in [1.29, 1.82) is 0 Å². The van der Waals surface area contributed by atoms with Crippen LogP contribution in [0.1, 0.15) is 0 Å². The van der Waals surface area contributed by atoms with Gasteiger partial charge in [-0.2, -0.15) is 0 Å². The molecule has 0 bridgehead atoms. The van der Waals surface area contributed by atoms with Crippen LogP contribution in [0.3, 0.4) is 0 Å². The minimum atomic E-state index is -2.04. The molecule has 0 aliphatic rings. The molecular weight excluding hydrogens is 210 g/mol. The Morgan fingerprint density at radius 3 is 2.92 bits per heavy atom. The Balaban J connectivity index is 2.68. The minimum Gasteiger partial charge on any atom is -0.508 e. The topological polar surface area (TPSA) is 70.4 Å². The fraction of sp³-hybridized carbons (Fsp3) is 0. The fourth-order valence-corrected chi connectivity index (χ4v) is 2.43. The van der Waals surface area contributed by atoms with Crippen LogP contribution < -0.4 is 0 Å². The van der Waals surface area contributed by atoms with E-state index in [-0.39, 0.29) is 10.1 Å². The second-order valence-electron chi connectivity index (χ2n) is 2.38. The molecule has 0 aliphatic heterocycles. The van der Waals surface area contributed by atoms with Gasteiger partial charge < -0.3 is 9.66 Å². The average molecular weight is 215 g/mol. The van der Waals surface area contributed by atoms with Crippen molar-refractivity contribution in [1.82, 2.24) is 4.98 Å². The monoisotopic (exact) mass is 215 g/mol. The lowest BCUT2D eigenvalue weighted by Gasteiger charge is -1.87. The zero-order chi connectivity index (χ0) is 9.42. The Bertz CT molecular complexity index is 480. The van der Waals surface area contributed by atoms with Crippen LogP contribution in [0, 0.1) is 0 Å². The Labute approximate surface area is 80.1 Å². The van der Waals surface area contributed by atoms with Crippen molar-refractivity contribution in [3.63, 3.8) is 0 Å². The second-order valence-corrected chi connectivity index (χ2v) is 4.56. The number of benzene rings is 1. The number of aromatic hydroxyl groups is 1. The lowest BCUT2D eigenvalue weighted by molar-refractivity contribution is 0.476. The van der Waals surface area contributed by atoms with E-state index >= 15 is 0 Å². The number of thiazole rings is 1. The van der Waals surface area contributed by atoms with Gasteiger partial charge in [-0.05, 0) is 18.2 Å². The van der Waals surface area contributed by atoms with Crippen LogP contribution in [0.15, 0.2) is 22.5 Å². The smallest absolute Gasteiger partial charge is 0.216 e. The van der Waals surface area contributed by atoms with Gasteiger partial charge in [-0.3, -0.25) is 0 Å². The van der Waals surface area contributed by atoms with Crippen LogP contribution in [0.4, 0.5) is 0 Å². The van der Waals surface area contributed by atoms with Gasteiger partial charge in [-0.1, -0.05) is 0 Å². The van der Waals surface area contributed by atoms with Crippen molar-refractivity contribution >= 4 is 32.6 Å². The van der Waals surface area contributed by atoms with Crippen LogP contribution in [0.2, 0.25) is 0 Å². The van der Waals surface area contributed by atoms with E-state index in [4.69, 9.17) is 9.66 Å². The maximum atomic E-state index is 10.7. The summed E-state index contributed by atoms with van der Waals surface area (Å²) in [5.41, 5.74) is 0.625. The zero-order valence-corrected chi connectivity index (χ0v) is 7.93. The van der Waals surface area contributed by atoms with Gasteiger partial charge in [-0.25, -0.2) is 9.19 Å². The van der Waals surface area contributed by atoms with Gasteiger partial charge in [0.25, 0.3) is 0 Å². The highest BCUT2D eigenvalue weighted by Crippen LogP contribution is 2.26.